The Hall–Kier alpha value is -0.590. The highest BCUT2D eigenvalue weighted by molar-refractivity contribution is 9.11. The molecule has 0 atom stereocenters. The van der Waals surface area contributed by atoms with Gasteiger partial charge in [-0.1, -0.05) is 15.9 Å². The normalized spacial score (nSPS) is 17.9. The van der Waals surface area contributed by atoms with Gasteiger partial charge in [0.25, 0.3) is 0 Å². The van der Waals surface area contributed by atoms with Crippen LogP contribution >= 0.6 is 31.9 Å². The van der Waals surface area contributed by atoms with Crippen molar-refractivity contribution in [2.75, 3.05) is 18.7 Å². The summed E-state index contributed by atoms with van der Waals surface area (Å²) in [4.78, 5) is 13.9. The van der Waals surface area contributed by atoms with Crippen LogP contribution < -0.4 is 5.32 Å². The molecule has 0 unspecified atom stereocenters. The minimum atomic E-state index is -0.272. The number of hydrogen-bond donors (Lipinski definition) is 1. The van der Waals surface area contributed by atoms with Crippen LogP contribution in [0, 0.1) is 0 Å². The topological polar surface area (TPSA) is 41.6 Å². The van der Waals surface area contributed by atoms with Crippen LogP contribution in [0.5, 0.6) is 0 Å². The second kappa shape index (κ2) is 5.19. The standard InChI is InChI=1S/C12H14Br2N2O2/c1-12(2)6-18-7-16(12)11(17)15-10-4-3-8(13)5-9(10)14/h3-5H,6-7H2,1-2H3,(H,15,17). The number of amides is 2. The lowest BCUT2D eigenvalue weighted by atomic mass is 10.1. The second-order valence-electron chi connectivity index (χ2n) is 4.77. The largest absolute Gasteiger partial charge is 0.359 e. The van der Waals surface area contributed by atoms with Crippen LogP contribution in [0.3, 0.4) is 0 Å². The minimum absolute atomic E-state index is 0.152. The summed E-state index contributed by atoms with van der Waals surface area (Å²) < 4.78 is 7.12. The molecule has 6 heteroatoms. The van der Waals surface area contributed by atoms with E-state index in [0.717, 1.165) is 14.6 Å². The first-order valence-corrected chi connectivity index (χ1v) is 7.10. The number of anilines is 1. The Bertz CT molecular complexity index is 477. The number of hydrogen-bond acceptors (Lipinski definition) is 2. The molecular formula is C12H14Br2N2O2. The van der Waals surface area contributed by atoms with Crippen LogP contribution in [0.2, 0.25) is 0 Å². The van der Waals surface area contributed by atoms with E-state index >= 15 is 0 Å². The summed E-state index contributed by atoms with van der Waals surface area (Å²) in [6, 6.07) is 5.46. The lowest BCUT2D eigenvalue weighted by molar-refractivity contribution is 0.147. The average molecular weight is 378 g/mol. The highest BCUT2D eigenvalue weighted by Gasteiger charge is 2.36. The van der Waals surface area contributed by atoms with Gasteiger partial charge in [0.05, 0.1) is 17.8 Å². The van der Waals surface area contributed by atoms with Gasteiger partial charge in [-0.15, -0.1) is 0 Å². The molecule has 1 fully saturated rings. The number of carbonyl (C=O) groups excluding carboxylic acids is 1. The molecule has 0 spiro atoms. The molecule has 0 radical (unpaired) electrons. The van der Waals surface area contributed by atoms with Crippen LogP contribution in [0.25, 0.3) is 0 Å². The maximum atomic E-state index is 12.2. The molecule has 2 rings (SSSR count). The van der Waals surface area contributed by atoms with Crippen LogP contribution in [-0.2, 0) is 4.74 Å². The lowest BCUT2D eigenvalue weighted by Crippen LogP contribution is -2.46. The van der Waals surface area contributed by atoms with Crippen molar-refractivity contribution in [1.82, 2.24) is 4.90 Å². The Morgan fingerprint density at radius 2 is 2.17 bits per heavy atom. The molecule has 18 heavy (non-hydrogen) atoms. The number of benzene rings is 1. The van der Waals surface area contributed by atoms with Crippen molar-refractivity contribution in [1.29, 1.82) is 0 Å². The van der Waals surface area contributed by atoms with E-state index in [-0.39, 0.29) is 11.6 Å². The first-order valence-electron chi connectivity index (χ1n) is 5.51. The van der Waals surface area contributed by atoms with Crippen molar-refractivity contribution in [3.63, 3.8) is 0 Å². The van der Waals surface area contributed by atoms with E-state index in [1.165, 1.54) is 0 Å². The van der Waals surface area contributed by atoms with Crippen molar-refractivity contribution >= 4 is 43.6 Å². The van der Waals surface area contributed by atoms with Gasteiger partial charge in [0.15, 0.2) is 0 Å². The number of carbonyl (C=O) groups is 1. The summed E-state index contributed by atoms with van der Waals surface area (Å²) >= 11 is 6.79. The fraction of sp³-hybridized carbons (Fsp3) is 0.417. The molecule has 1 aliphatic heterocycles. The molecule has 2 amide bonds. The zero-order valence-corrected chi connectivity index (χ0v) is 13.3. The second-order valence-corrected chi connectivity index (χ2v) is 6.54. The van der Waals surface area contributed by atoms with Gasteiger partial charge in [-0.25, -0.2) is 4.79 Å². The van der Waals surface area contributed by atoms with E-state index in [4.69, 9.17) is 4.74 Å². The van der Waals surface area contributed by atoms with E-state index in [2.05, 4.69) is 37.2 Å². The minimum Gasteiger partial charge on any atom is -0.359 e. The molecule has 0 aliphatic carbocycles. The molecule has 1 aliphatic rings. The van der Waals surface area contributed by atoms with Gasteiger partial charge in [0.2, 0.25) is 0 Å². The summed E-state index contributed by atoms with van der Waals surface area (Å²) in [6.45, 7) is 4.85. The van der Waals surface area contributed by atoms with E-state index in [9.17, 15) is 4.79 Å². The molecule has 98 valence electrons. The first kappa shape index (κ1) is 13.8. The van der Waals surface area contributed by atoms with Gasteiger partial charge in [0, 0.05) is 8.95 Å². The Morgan fingerprint density at radius 1 is 1.44 bits per heavy atom. The third-order valence-electron chi connectivity index (χ3n) is 2.82. The highest BCUT2D eigenvalue weighted by atomic mass is 79.9. The maximum absolute atomic E-state index is 12.2. The molecule has 1 aromatic rings. The van der Waals surface area contributed by atoms with Crippen LogP contribution in [0.1, 0.15) is 13.8 Å². The predicted molar refractivity (Wildman–Crippen MR) is 77.6 cm³/mol. The molecule has 1 N–H and O–H groups in total. The Kier molecular flexibility index (Phi) is 3.99. The van der Waals surface area contributed by atoms with Gasteiger partial charge >= 0.3 is 6.03 Å². The number of halogens is 2. The molecular weight excluding hydrogens is 364 g/mol. The first-order chi connectivity index (χ1) is 8.40. The molecule has 0 aromatic heterocycles. The summed E-state index contributed by atoms with van der Waals surface area (Å²) in [7, 11) is 0. The fourth-order valence-electron chi connectivity index (χ4n) is 1.75. The van der Waals surface area contributed by atoms with Crippen LogP contribution in [0.4, 0.5) is 10.5 Å². The van der Waals surface area contributed by atoms with Crippen LogP contribution in [-0.4, -0.2) is 29.8 Å². The van der Waals surface area contributed by atoms with Gasteiger partial charge in [-0.3, -0.25) is 4.90 Å². The molecule has 1 saturated heterocycles. The average Bonchev–Trinajstić information content (AvgIpc) is 2.62. The number of nitrogens with one attached hydrogen (secondary N) is 1. The molecule has 0 saturated carbocycles. The maximum Gasteiger partial charge on any atom is 0.324 e. The van der Waals surface area contributed by atoms with Gasteiger partial charge in [-0.2, -0.15) is 0 Å². The summed E-state index contributed by atoms with van der Waals surface area (Å²) in [6.07, 6.45) is 0. The van der Waals surface area contributed by atoms with E-state index in [1.807, 2.05) is 32.0 Å². The molecule has 1 aromatic carbocycles. The number of rotatable bonds is 1. The zero-order valence-electron chi connectivity index (χ0n) is 10.2. The monoisotopic (exact) mass is 376 g/mol. The van der Waals surface area contributed by atoms with Crippen molar-refractivity contribution in [3.05, 3.63) is 27.1 Å². The third-order valence-corrected chi connectivity index (χ3v) is 3.97. The molecule has 1 heterocycles. The summed E-state index contributed by atoms with van der Waals surface area (Å²) in [5.41, 5.74) is 0.470. The smallest absolute Gasteiger partial charge is 0.324 e. The zero-order chi connectivity index (χ0) is 13.3. The Labute approximate surface area is 123 Å². The molecule has 0 bridgehead atoms. The SMILES string of the molecule is CC1(C)COCN1C(=O)Nc1ccc(Br)cc1Br. The van der Waals surface area contributed by atoms with Gasteiger partial charge < -0.3 is 10.1 Å². The number of ether oxygens (including phenoxy) is 1. The van der Waals surface area contributed by atoms with Crippen LogP contribution in [0.15, 0.2) is 27.1 Å². The van der Waals surface area contributed by atoms with E-state index in [1.54, 1.807) is 4.90 Å². The number of urea groups is 1. The van der Waals surface area contributed by atoms with Gasteiger partial charge in [-0.05, 0) is 48.0 Å². The van der Waals surface area contributed by atoms with E-state index < -0.39 is 0 Å². The summed E-state index contributed by atoms with van der Waals surface area (Å²) in [5, 5.41) is 2.87. The number of nitrogens with zero attached hydrogens (tertiary/aromatic N) is 1. The third kappa shape index (κ3) is 2.87. The van der Waals surface area contributed by atoms with Crippen molar-refractivity contribution < 1.29 is 9.53 Å². The lowest BCUT2D eigenvalue weighted by Gasteiger charge is -2.29. The Morgan fingerprint density at radius 3 is 2.72 bits per heavy atom. The summed E-state index contributed by atoms with van der Waals surface area (Å²) in [5.74, 6) is 0. The predicted octanol–water partition coefficient (Wildman–Crippen LogP) is 3.81. The van der Waals surface area contributed by atoms with Crippen molar-refractivity contribution in [2.24, 2.45) is 0 Å². The quantitative estimate of drug-likeness (QED) is 0.808. The van der Waals surface area contributed by atoms with Crippen molar-refractivity contribution in [2.45, 2.75) is 19.4 Å². The highest BCUT2D eigenvalue weighted by Crippen LogP contribution is 2.28. The Balaban J connectivity index is 2.12. The van der Waals surface area contributed by atoms with E-state index in [0.29, 0.717) is 13.3 Å². The van der Waals surface area contributed by atoms with Gasteiger partial charge in [0.1, 0.15) is 6.73 Å². The van der Waals surface area contributed by atoms with Crippen molar-refractivity contribution in [3.8, 4) is 0 Å². The fourth-order valence-corrected chi connectivity index (χ4v) is 2.89. The molecule has 4 nitrogen and oxygen atoms in total.